The molecule has 0 atom stereocenters. The van der Waals surface area contributed by atoms with E-state index in [1.165, 1.54) is 18.2 Å². The normalized spacial score (nSPS) is 11.4. The molecule has 2 aromatic carbocycles. The van der Waals surface area contributed by atoms with Crippen molar-refractivity contribution in [3.05, 3.63) is 53.6 Å². The molecule has 2 nitrogen and oxygen atoms in total. The van der Waals surface area contributed by atoms with Crippen LogP contribution in [-0.2, 0) is 10.2 Å². The Kier molecular flexibility index (Phi) is 3.17. The molecule has 0 radical (unpaired) electrons. The van der Waals surface area contributed by atoms with Crippen molar-refractivity contribution in [1.29, 1.82) is 0 Å². The van der Waals surface area contributed by atoms with Gasteiger partial charge in [0.25, 0.3) is 0 Å². The van der Waals surface area contributed by atoms with E-state index in [0.717, 1.165) is 0 Å². The Hall–Kier alpha value is -1.39. The van der Waals surface area contributed by atoms with Crippen molar-refractivity contribution in [2.75, 3.05) is 0 Å². The summed E-state index contributed by atoms with van der Waals surface area (Å²) in [5.41, 5.74) is 0.756. The summed E-state index contributed by atoms with van der Waals surface area (Å²) in [6, 6.07) is 12.7. The van der Waals surface area contributed by atoms with Gasteiger partial charge in [0.2, 0.25) is 0 Å². The summed E-state index contributed by atoms with van der Waals surface area (Å²) in [5.74, 6) is 0. The van der Waals surface area contributed by atoms with E-state index < -0.39 is 15.1 Å². The van der Waals surface area contributed by atoms with Gasteiger partial charge in [-0.3, -0.25) is 0 Å². The van der Waals surface area contributed by atoms with Gasteiger partial charge in [0.15, 0.2) is 0 Å². The van der Waals surface area contributed by atoms with E-state index in [9.17, 15) is 12.3 Å². The molecule has 0 spiro atoms. The quantitative estimate of drug-likeness (QED) is 0.781. The first-order valence-corrected chi connectivity index (χ1v) is 6.55. The molecule has 0 saturated carbocycles. The molecular weight excluding hydrogens is 263 g/mol. The maximum absolute atomic E-state index is 13.2. The topological polar surface area (TPSA) is 34.1 Å². The summed E-state index contributed by atoms with van der Waals surface area (Å²) in [7, 11) is -4.79. The highest BCUT2D eigenvalue weighted by Crippen LogP contribution is 2.34. The van der Waals surface area contributed by atoms with E-state index in [2.05, 4.69) is 0 Å². The van der Waals surface area contributed by atoms with Gasteiger partial charge in [-0.15, -0.1) is 3.89 Å². The van der Waals surface area contributed by atoms with E-state index in [1.54, 1.807) is 30.3 Å². The predicted octanol–water partition coefficient (Wildman–Crippen LogP) is 3.67. The minimum atomic E-state index is -4.79. The molecule has 0 aromatic heterocycles. The zero-order valence-corrected chi connectivity index (χ0v) is 10.2. The highest BCUT2D eigenvalue weighted by atomic mass is 35.5. The molecule has 0 amide bonds. The lowest BCUT2D eigenvalue weighted by atomic mass is 10.1. The van der Waals surface area contributed by atoms with Crippen LogP contribution >= 0.6 is 11.6 Å². The van der Waals surface area contributed by atoms with Gasteiger partial charge in [-0.2, -0.15) is 8.42 Å². The Morgan fingerprint density at radius 1 is 0.941 bits per heavy atom. The third-order valence-electron chi connectivity index (χ3n) is 2.30. The monoisotopic (exact) mass is 270 g/mol. The number of rotatable bonds is 2. The Balaban J connectivity index is 2.78. The standard InChI is InChI=1S/C12H8ClFO2S/c13-10-7-4-8-11(17(14,15)16)12(10)9-5-2-1-3-6-9/h1-8H. The van der Waals surface area contributed by atoms with Crippen molar-refractivity contribution in [1.82, 2.24) is 0 Å². The van der Waals surface area contributed by atoms with E-state index in [1.807, 2.05) is 0 Å². The van der Waals surface area contributed by atoms with E-state index in [0.29, 0.717) is 5.56 Å². The number of hydrogen-bond donors (Lipinski definition) is 0. The maximum Gasteiger partial charge on any atom is 0.332 e. The first kappa shape index (κ1) is 12.1. The summed E-state index contributed by atoms with van der Waals surface area (Å²) in [4.78, 5) is -0.406. The first-order valence-electron chi connectivity index (χ1n) is 4.79. The van der Waals surface area contributed by atoms with Crippen molar-refractivity contribution in [2.45, 2.75) is 4.90 Å². The van der Waals surface area contributed by atoms with Gasteiger partial charge in [0.1, 0.15) is 4.90 Å². The van der Waals surface area contributed by atoms with Crippen LogP contribution in [0.3, 0.4) is 0 Å². The van der Waals surface area contributed by atoms with Crippen LogP contribution in [-0.4, -0.2) is 8.42 Å². The van der Waals surface area contributed by atoms with Crippen LogP contribution in [0.25, 0.3) is 11.1 Å². The average Bonchev–Trinajstić information content (AvgIpc) is 2.28. The van der Waals surface area contributed by atoms with Gasteiger partial charge >= 0.3 is 10.2 Å². The second-order valence-electron chi connectivity index (χ2n) is 3.42. The molecule has 0 fully saturated rings. The molecule has 0 bridgehead atoms. The summed E-state index contributed by atoms with van der Waals surface area (Å²) in [6.07, 6.45) is 0. The molecule has 0 aliphatic heterocycles. The number of hydrogen-bond acceptors (Lipinski definition) is 2. The predicted molar refractivity (Wildman–Crippen MR) is 65.2 cm³/mol. The summed E-state index contributed by atoms with van der Waals surface area (Å²) < 4.78 is 35.3. The molecule has 5 heteroatoms. The van der Waals surface area contributed by atoms with Gasteiger partial charge in [0.05, 0.1) is 0 Å². The fraction of sp³-hybridized carbons (Fsp3) is 0. The van der Waals surface area contributed by atoms with Crippen molar-refractivity contribution < 1.29 is 12.3 Å². The van der Waals surface area contributed by atoms with Gasteiger partial charge in [0, 0.05) is 10.6 Å². The molecule has 0 saturated heterocycles. The van der Waals surface area contributed by atoms with Crippen LogP contribution in [0.15, 0.2) is 53.4 Å². The van der Waals surface area contributed by atoms with Gasteiger partial charge in [-0.05, 0) is 17.7 Å². The Morgan fingerprint density at radius 3 is 2.18 bits per heavy atom. The Morgan fingerprint density at radius 2 is 1.59 bits per heavy atom. The second kappa shape index (κ2) is 4.47. The molecule has 0 unspecified atom stereocenters. The minimum Gasteiger partial charge on any atom is -0.189 e. The fourth-order valence-electron chi connectivity index (χ4n) is 1.59. The van der Waals surface area contributed by atoms with Crippen LogP contribution in [0.5, 0.6) is 0 Å². The molecule has 0 N–H and O–H groups in total. The lowest BCUT2D eigenvalue weighted by molar-refractivity contribution is 0.552. The average molecular weight is 271 g/mol. The minimum absolute atomic E-state index is 0.192. The molecular formula is C12H8ClFO2S. The van der Waals surface area contributed by atoms with Crippen molar-refractivity contribution in [3.8, 4) is 11.1 Å². The smallest absolute Gasteiger partial charge is 0.189 e. The van der Waals surface area contributed by atoms with Crippen LogP contribution in [0.2, 0.25) is 5.02 Å². The molecule has 2 rings (SSSR count). The third-order valence-corrected chi connectivity index (χ3v) is 3.48. The zero-order chi connectivity index (χ0) is 12.5. The maximum atomic E-state index is 13.2. The first-order chi connectivity index (χ1) is 8.00. The van der Waals surface area contributed by atoms with Crippen LogP contribution in [0.4, 0.5) is 3.89 Å². The summed E-state index contributed by atoms with van der Waals surface area (Å²) >= 11 is 5.94. The van der Waals surface area contributed by atoms with Gasteiger partial charge in [-0.1, -0.05) is 48.0 Å². The summed E-state index contributed by atoms with van der Waals surface area (Å²) in [5, 5.41) is 0.204. The van der Waals surface area contributed by atoms with Crippen molar-refractivity contribution >= 4 is 21.8 Å². The SMILES string of the molecule is O=S(=O)(F)c1cccc(Cl)c1-c1ccccc1. The highest BCUT2D eigenvalue weighted by molar-refractivity contribution is 7.86. The van der Waals surface area contributed by atoms with E-state index >= 15 is 0 Å². The van der Waals surface area contributed by atoms with Crippen LogP contribution in [0.1, 0.15) is 0 Å². The molecule has 2 aromatic rings. The van der Waals surface area contributed by atoms with Crippen molar-refractivity contribution in [2.24, 2.45) is 0 Å². The largest absolute Gasteiger partial charge is 0.332 e. The molecule has 17 heavy (non-hydrogen) atoms. The molecule has 0 heterocycles. The van der Waals surface area contributed by atoms with Crippen LogP contribution in [0, 0.1) is 0 Å². The highest BCUT2D eigenvalue weighted by Gasteiger charge is 2.20. The van der Waals surface area contributed by atoms with Crippen LogP contribution < -0.4 is 0 Å². The van der Waals surface area contributed by atoms with Crippen molar-refractivity contribution in [3.63, 3.8) is 0 Å². The molecule has 88 valence electrons. The lowest BCUT2D eigenvalue weighted by Gasteiger charge is -2.08. The second-order valence-corrected chi connectivity index (χ2v) is 5.14. The Bertz CT molecular complexity index is 639. The van der Waals surface area contributed by atoms with E-state index in [4.69, 9.17) is 11.6 Å². The van der Waals surface area contributed by atoms with Gasteiger partial charge in [-0.25, -0.2) is 0 Å². The third kappa shape index (κ3) is 2.48. The zero-order valence-electron chi connectivity index (χ0n) is 8.60. The lowest BCUT2D eigenvalue weighted by Crippen LogP contribution is -1.96. The molecule has 0 aliphatic rings. The molecule has 0 aliphatic carbocycles. The number of halogens is 2. The fourth-order valence-corrected chi connectivity index (χ4v) is 2.64. The van der Waals surface area contributed by atoms with Gasteiger partial charge < -0.3 is 0 Å². The summed E-state index contributed by atoms with van der Waals surface area (Å²) in [6.45, 7) is 0. The van der Waals surface area contributed by atoms with E-state index in [-0.39, 0.29) is 10.6 Å². The number of benzene rings is 2. The Labute approximate surface area is 104 Å².